The van der Waals surface area contributed by atoms with Gasteiger partial charge in [0.1, 0.15) is 6.10 Å². The van der Waals surface area contributed by atoms with E-state index in [1.54, 1.807) is 0 Å². The molecule has 11 aliphatic rings. The van der Waals surface area contributed by atoms with E-state index in [0.717, 1.165) is 73.7 Å². The number of aliphatic hydroxyl groups excluding tert-OH is 4. The van der Waals surface area contributed by atoms with Gasteiger partial charge in [-0.1, -0.05) is 81.2 Å². The monoisotopic (exact) mass is 786 g/mol. The summed E-state index contributed by atoms with van der Waals surface area (Å²) in [5.41, 5.74) is -3.81. The van der Waals surface area contributed by atoms with E-state index in [9.17, 15) is 30.3 Å². The minimum Gasteiger partial charge on any atom is -0.394 e. The molecule has 308 valence electrons. The lowest BCUT2D eigenvalue weighted by molar-refractivity contribution is -0.294. The number of aliphatic hydroxyl groups is 5. The van der Waals surface area contributed by atoms with E-state index in [-0.39, 0.29) is 46.2 Å². The van der Waals surface area contributed by atoms with Crippen LogP contribution < -0.4 is 10.4 Å². The van der Waals surface area contributed by atoms with E-state index in [0.29, 0.717) is 44.1 Å². The Morgan fingerprint density at radius 2 is 1.78 bits per heavy atom. The molecule has 6 fully saturated rings. The summed E-state index contributed by atoms with van der Waals surface area (Å²) >= 11 is 0. The summed E-state index contributed by atoms with van der Waals surface area (Å²) in [5.74, 6) is 6.07. The van der Waals surface area contributed by atoms with Crippen LogP contribution in [0.15, 0.2) is 42.0 Å². The Labute approximate surface area is 342 Å². The molecule has 0 amide bonds. The average molecular weight is 787 g/mol. The van der Waals surface area contributed by atoms with E-state index in [4.69, 9.17) is 0 Å². The fourth-order valence-corrected chi connectivity index (χ4v) is 18.8. The van der Waals surface area contributed by atoms with Gasteiger partial charge in [-0.3, -0.25) is 9.59 Å². The molecule has 58 heavy (non-hydrogen) atoms. The molecule has 7 nitrogen and oxygen atoms in total. The molecule has 1 aromatic carbocycles. The van der Waals surface area contributed by atoms with E-state index in [2.05, 4.69) is 56.1 Å². The average Bonchev–Trinajstić information content (AvgIpc) is 3.61. The van der Waals surface area contributed by atoms with Crippen molar-refractivity contribution in [2.45, 2.75) is 135 Å². The van der Waals surface area contributed by atoms with Crippen molar-refractivity contribution in [1.29, 1.82) is 0 Å². The van der Waals surface area contributed by atoms with Gasteiger partial charge < -0.3 is 25.5 Å². The number of hydrogen-bond acceptors (Lipinski definition) is 7. The van der Waals surface area contributed by atoms with E-state index in [1.165, 1.54) is 0 Å². The first-order chi connectivity index (χ1) is 27.6. The van der Waals surface area contributed by atoms with Gasteiger partial charge in [-0.05, 0) is 150 Å². The summed E-state index contributed by atoms with van der Waals surface area (Å²) in [4.78, 5) is 28.6. The number of aldehydes is 1. The largest absolute Gasteiger partial charge is 0.394 e. The number of rotatable bonds is 3. The smallest absolute Gasteiger partial charge is 0.159 e. The van der Waals surface area contributed by atoms with Crippen LogP contribution in [0.25, 0.3) is 12.2 Å². The molecular formula is C51H62O7. The van der Waals surface area contributed by atoms with Gasteiger partial charge >= 0.3 is 0 Å². The molecule has 0 radical (unpaired) electrons. The third-order valence-electron chi connectivity index (χ3n) is 20.7. The van der Waals surface area contributed by atoms with Crippen LogP contribution in [-0.2, 0) is 4.79 Å². The highest BCUT2D eigenvalue weighted by molar-refractivity contribution is 5.96. The first kappa shape index (κ1) is 38.1. The zero-order valence-electron chi connectivity index (χ0n) is 34.6. The third-order valence-corrected chi connectivity index (χ3v) is 20.7. The van der Waals surface area contributed by atoms with Gasteiger partial charge in [0.25, 0.3) is 0 Å². The first-order valence-corrected chi connectivity index (χ1v) is 22.7. The van der Waals surface area contributed by atoms with Crippen molar-refractivity contribution in [2.75, 3.05) is 6.61 Å². The van der Waals surface area contributed by atoms with Crippen LogP contribution in [0.2, 0.25) is 0 Å². The molecule has 1 aromatic rings. The van der Waals surface area contributed by atoms with Crippen molar-refractivity contribution in [3.63, 3.8) is 0 Å². The van der Waals surface area contributed by atoms with E-state index >= 15 is 4.79 Å². The van der Waals surface area contributed by atoms with Gasteiger partial charge in [0.15, 0.2) is 12.1 Å². The van der Waals surface area contributed by atoms with Gasteiger partial charge in [0.2, 0.25) is 0 Å². The Bertz CT molecular complexity index is 2260. The van der Waals surface area contributed by atoms with Crippen LogP contribution in [0, 0.1) is 85.3 Å². The van der Waals surface area contributed by atoms with Crippen molar-refractivity contribution in [3.8, 4) is 11.8 Å². The van der Waals surface area contributed by atoms with Crippen LogP contribution in [-0.4, -0.2) is 68.1 Å². The third kappa shape index (κ3) is 4.08. The molecule has 7 heteroatoms. The predicted molar refractivity (Wildman–Crippen MR) is 220 cm³/mol. The Hall–Kier alpha value is -2.86. The minimum atomic E-state index is -1.36. The molecule has 0 aliphatic heterocycles. The summed E-state index contributed by atoms with van der Waals surface area (Å²) in [6.45, 7) is 6.27. The number of allylic oxidation sites excluding steroid dienone is 3. The van der Waals surface area contributed by atoms with Gasteiger partial charge in [0.05, 0.1) is 29.8 Å². The lowest BCUT2D eigenvalue weighted by Gasteiger charge is -2.78. The summed E-state index contributed by atoms with van der Waals surface area (Å²) in [7, 11) is 0. The van der Waals surface area contributed by atoms with E-state index in [1.807, 2.05) is 25.1 Å². The molecule has 0 aromatic heterocycles. The maximum Gasteiger partial charge on any atom is 0.159 e. The standard InChI is InChI=1S/C51H62O7/c1-44-16-5-4-11-41(56)51-37(25-44)36-24-38(54)43-47(45(36,2)29-49(51,58)20-13-33-10-7-17-48(33,51)28-44)18-12-31-22-34-30(8-6-9-32(34)26-52)23-35(31)50(43)21-15-40(55)46(3,42(57)27-53)39(50)14-19-47/h6,8-9,13,20,22-24,26,31,33,35,37,39-43,53,55-58H,5,7,10,12,14-19,21,25,27-29H2,1-3H3. The number of hydrogen-bond donors (Lipinski definition) is 5. The van der Waals surface area contributed by atoms with Crippen molar-refractivity contribution in [3.05, 3.63) is 58.0 Å². The molecule has 11 aliphatic carbocycles. The quantitative estimate of drug-likeness (QED) is 0.162. The summed E-state index contributed by atoms with van der Waals surface area (Å²) < 4.78 is 0. The van der Waals surface area contributed by atoms with Crippen LogP contribution in [0.1, 0.15) is 121 Å². The number of fused-ring (bicyclic) bond motifs is 6. The minimum absolute atomic E-state index is 0.00863. The second-order valence-corrected chi connectivity index (χ2v) is 22.2. The summed E-state index contributed by atoms with van der Waals surface area (Å²) in [6.07, 6.45) is 19.8. The SMILES string of the molecule is CC12CCC#CC(O)C34C(C1)C1=CC(=O)C5C67CCC(O)C(C)(C(O)CO)C6CCC5(CCC5C=c6c(C=O)cccc6=CC57)C1(C)CC3(O)C=CC1CCCC14C2. The van der Waals surface area contributed by atoms with Crippen LogP contribution >= 0.6 is 0 Å². The van der Waals surface area contributed by atoms with Crippen molar-refractivity contribution >= 4 is 24.2 Å². The lowest BCUT2D eigenvalue weighted by Crippen LogP contribution is -2.78. The highest BCUT2D eigenvalue weighted by Crippen LogP contribution is 2.85. The van der Waals surface area contributed by atoms with Crippen molar-refractivity contribution in [2.24, 2.45) is 73.4 Å². The molecule has 0 heterocycles. The number of ketones is 1. The first-order valence-electron chi connectivity index (χ1n) is 22.7. The van der Waals surface area contributed by atoms with Crippen molar-refractivity contribution < 1.29 is 35.1 Å². The molecule has 12 rings (SSSR count). The molecule has 17 unspecified atom stereocenters. The maximum atomic E-state index is 16.1. The molecule has 6 saturated carbocycles. The predicted octanol–water partition coefficient (Wildman–Crippen LogP) is 5.18. The van der Waals surface area contributed by atoms with Gasteiger partial charge in [-0.25, -0.2) is 0 Å². The summed E-state index contributed by atoms with van der Waals surface area (Å²) in [5, 5.41) is 63.1. The number of carbonyl (C=O) groups is 2. The Morgan fingerprint density at radius 1 is 0.966 bits per heavy atom. The number of benzene rings is 1. The lowest BCUT2D eigenvalue weighted by atomic mass is 9.26. The van der Waals surface area contributed by atoms with Crippen LogP contribution in [0.3, 0.4) is 0 Å². The Morgan fingerprint density at radius 3 is 2.57 bits per heavy atom. The molecule has 5 N–H and O–H groups in total. The van der Waals surface area contributed by atoms with Crippen LogP contribution in [0.5, 0.6) is 0 Å². The fourth-order valence-electron chi connectivity index (χ4n) is 18.8. The fraction of sp³-hybridized carbons (Fsp3) is 0.686. The normalized spacial score (nSPS) is 53.2. The van der Waals surface area contributed by atoms with Gasteiger partial charge in [0, 0.05) is 23.3 Å². The molecular weight excluding hydrogens is 725 g/mol. The maximum absolute atomic E-state index is 16.1. The van der Waals surface area contributed by atoms with Gasteiger partial charge in [-0.15, -0.1) is 5.92 Å². The Balaban J connectivity index is 1.19. The van der Waals surface area contributed by atoms with Gasteiger partial charge in [-0.2, -0.15) is 0 Å². The molecule has 0 saturated heterocycles. The molecule has 3 spiro atoms. The topological polar surface area (TPSA) is 135 Å². The zero-order valence-corrected chi connectivity index (χ0v) is 34.6. The second-order valence-electron chi connectivity index (χ2n) is 22.2. The van der Waals surface area contributed by atoms with Crippen molar-refractivity contribution in [1.82, 2.24) is 0 Å². The molecule has 4 bridgehead atoms. The summed E-state index contributed by atoms with van der Waals surface area (Å²) in [6, 6.07) is 5.87. The molecule has 17 atom stereocenters. The number of carbonyl (C=O) groups excluding carboxylic acids is 2. The van der Waals surface area contributed by atoms with E-state index < -0.39 is 63.5 Å². The highest BCUT2D eigenvalue weighted by Gasteiger charge is 2.83. The second kappa shape index (κ2) is 11.9. The Kier molecular flexibility index (Phi) is 7.84. The van der Waals surface area contributed by atoms with Crippen LogP contribution in [0.4, 0.5) is 0 Å². The zero-order chi connectivity index (χ0) is 40.5. The highest BCUT2D eigenvalue weighted by atomic mass is 16.3.